The minimum Gasteiger partial charge on any atom is -0.497 e. The van der Waals surface area contributed by atoms with Gasteiger partial charge >= 0.3 is 6.03 Å². The number of urea groups is 1. The Morgan fingerprint density at radius 1 is 1.17 bits per heavy atom. The van der Waals surface area contributed by atoms with Crippen LogP contribution in [0, 0.1) is 0 Å². The first kappa shape index (κ1) is 25.3. The molecule has 0 aliphatic carbocycles. The quantitative estimate of drug-likeness (QED) is 0.574. The van der Waals surface area contributed by atoms with Crippen molar-refractivity contribution in [2.75, 3.05) is 33.3 Å². The minimum absolute atomic E-state index is 0.0323. The van der Waals surface area contributed by atoms with E-state index < -0.39 is 0 Å². The monoisotopic (exact) mass is 498 g/mol. The predicted molar refractivity (Wildman–Crippen MR) is 140 cm³/mol. The van der Waals surface area contributed by atoms with Gasteiger partial charge in [-0.2, -0.15) is 0 Å². The molecular weight excluding hydrogens is 464 g/mol. The first-order chi connectivity index (χ1) is 16.9. The summed E-state index contributed by atoms with van der Waals surface area (Å²) in [6, 6.07) is 13.2. The highest BCUT2D eigenvalue weighted by molar-refractivity contribution is 6.30. The third-order valence-electron chi connectivity index (χ3n) is 6.34. The van der Waals surface area contributed by atoms with E-state index in [0.29, 0.717) is 35.4 Å². The van der Waals surface area contributed by atoms with Crippen LogP contribution in [0.2, 0.25) is 5.02 Å². The number of methoxy groups -OCH3 is 1. The first-order valence-corrected chi connectivity index (χ1v) is 12.8. The molecule has 1 fully saturated rings. The van der Waals surface area contributed by atoms with Gasteiger partial charge in [0.1, 0.15) is 17.3 Å². The summed E-state index contributed by atoms with van der Waals surface area (Å²) in [4.78, 5) is 23.1. The van der Waals surface area contributed by atoms with Gasteiger partial charge in [0.25, 0.3) is 0 Å². The maximum absolute atomic E-state index is 14.1. The number of carbonyl (C=O) groups excluding carboxylic acids is 1. The van der Waals surface area contributed by atoms with E-state index in [2.05, 4.69) is 12.2 Å². The molecule has 0 radical (unpaired) electrons. The van der Waals surface area contributed by atoms with Gasteiger partial charge in [-0.05, 0) is 50.1 Å². The molecule has 2 heterocycles. The Kier molecular flexibility index (Phi) is 8.19. The summed E-state index contributed by atoms with van der Waals surface area (Å²) in [5.41, 5.74) is 1.82. The number of halogens is 1. The molecule has 2 aromatic carbocycles. The van der Waals surface area contributed by atoms with E-state index in [1.54, 1.807) is 7.11 Å². The number of nitrogens with zero attached hydrogens (tertiary/aromatic N) is 3. The summed E-state index contributed by atoms with van der Waals surface area (Å²) in [6.07, 6.45) is 1.77. The van der Waals surface area contributed by atoms with Crippen molar-refractivity contribution in [3.05, 3.63) is 58.6 Å². The van der Waals surface area contributed by atoms with Crippen LogP contribution in [0.5, 0.6) is 11.5 Å². The van der Waals surface area contributed by atoms with Crippen LogP contribution in [0.1, 0.15) is 50.8 Å². The molecule has 0 aromatic heterocycles. The lowest BCUT2D eigenvalue weighted by Gasteiger charge is -2.36. The van der Waals surface area contributed by atoms with Gasteiger partial charge in [0.05, 0.1) is 30.9 Å². The fourth-order valence-corrected chi connectivity index (χ4v) is 4.85. The van der Waals surface area contributed by atoms with Crippen LogP contribution in [-0.2, 0) is 0 Å². The summed E-state index contributed by atoms with van der Waals surface area (Å²) >= 11 is 6.21. The normalized spacial score (nSPS) is 20.2. The maximum atomic E-state index is 14.1. The molecule has 2 aliphatic heterocycles. The lowest BCUT2D eigenvalue weighted by molar-refractivity contribution is 0.156. The minimum atomic E-state index is -0.224. The molecule has 0 bridgehead atoms. The molecule has 4 rings (SSSR count). The Morgan fingerprint density at radius 3 is 2.51 bits per heavy atom. The Labute approximate surface area is 213 Å². The van der Waals surface area contributed by atoms with Crippen molar-refractivity contribution in [1.29, 1.82) is 0 Å². The number of carbonyl (C=O) groups is 1. The summed E-state index contributed by atoms with van der Waals surface area (Å²) in [5, 5.41) is 4.00. The number of aliphatic imine (C=N–C) groups is 1. The molecule has 2 unspecified atom stereocenters. The third kappa shape index (κ3) is 5.57. The van der Waals surface area contributed by atoms with Crippen molar-refractivity contribution in [3.8, 4) is 11.5 Å². The smallest absolute Gasteiger partial charge is 0.326 e. The van der Waals surface area contributed by atoms with Crippen LogP contribution in [0.15, 0.2) is 47.5 Å². The zero-order valence-corrected chi connectivity index (χ0v) is 21.7. The second kappa shape index (κ2) is 11.3. The number of hydrogen-bond donors (Lipinski definition) is 1. The number of hydrogen-bond acceptors (Lipinski definition) is 5. The van der Waals surface area contributed by atoms with Crippen LogP contribution >= 0.6 is 11.6 Å². The number of rotatable bonds is 7. The SMILES string of the molecule is CCCC1N=C(c2ccc(OC)cc2OC(C)C)N(C(=O)N2CCNCC2)C1c1ccc(Cl)cc1. The Bertz CT molecular complexity index is 1050. The maximum Gasteiger partial charge on any atom is 0.326 e. The molecule has 1 saturated heterocycles. The van der Waals surface area contributed by atoms with Gasteiger partial charge < -0.3 is 19.7 Å². The molecule has 2 aliphatic rings. The molecule has 35 heavy (non-hydrogen) atoms. The molecule has 0 spiro atoms. The zero-order chi connectivity index (χ0) is 24.9. The van der Waals surface area contributed by atoms with E-state index in [4.69, 9.17) is 26.1 Å². The number of nitrogens with one attached hydrogen (secondary N) is 1. The lowest BCUT2D eigenvalue weighted by Crippen LogP contribution is -2.53. The van der Waals surface area contributed by atoms with Crippen LogP contribution in [0.25, 0.3) is 0 Å². The highest BCUT2D eigenvalue weighted by Crippen LogP contribution is 2.40. The third-order valence-corrected chi connectivity index (χ3v) is 6.59. The summed E-state index contributed by atoms with van der Waals surface area (Å²) in [5.74, 6) is 2.00. The summed E-state index contributed by atoms with van der Waals surface area (Å²) in [6.45, 7) is 8.99. The van der Waals surface area contributed by atoms with Crippen LogP contribution in [0.3, 0.4) is 0 Å². The van der Waals surface area contributed by atoms with Gasteiger partial charge in [-0.15, -0.1) is 0 Å². The largest absolute Gasteiger partial charge is 0.497 e. The molecule has 2 atom stereocenters. The fraction of sp³-hybridized carbons (Fsp3) is 0.481. The van der Waals surface area contributed by atoms with Gasteiger partial charge in [0.15, 0.2) is 0 Å². The molecular formula is C27H35ClN4O3. The van der Waals surface area contributed by atoms with E-state index in [0.717, 1.165) is 37.1 Å². The number of amides is 2. The van der Waals surface area contributed by atoms with Gasteiger partial charge in [-0.1, -0.05) is 37.1 Å². The van der Waals surface area contributed by atoms with Crippen LogP contribution in [-0.4, -0.2) is 67.1 Å². The number of piperazine rings is 1. The number of amidine groups is 1. The van der Waals surface area contributed by atoms with E-state index in [9.17, 15) is 4.79 Å². The van der Waals surface area contributed by atoms with Gasteiger partial charge in [-0.25, -0.2) is 4.79 Å². The standard InChI is InChI=1S/C27H35ClN4O3/c1-5-6-23-25(19-7-9-20(28)10-8-19)32(27(33)31-15-13-29-14-16-31)26(30-23)22-12-11-21(34-4)17-24(22)35-18(2)3/h7-12,17-18,23,25,29H,5-6,13-16H2,1-4H3. The van der Waals surface area contributed by atoms with Crippen molar-refractivity contribution in [2.24, 2.45) is 4.99 Å². The van der Waals surface area contributed by atoms with Crippen LogP contribution in [0.4, 0.5) is 4.79 Å². The van der Waals surface area contributed by atoms with Crippen LogP contribution < -0.4 is 14.8 Å². The Balaban J connectivity index is 1.84. The summed E-state index contributed by atoms with van der Waals surface area (Å²) in [7, 11) is 1.63. The zero-order valence-electron chi connectivity index (χ0n) is 21.0. The van der Waals surface area contributed by atoms with Gasteiger partial charge in [0.2, 0.25) is 0 Å². The molecule has 188 valence electrons. The van der Waals surface area contributed by atoms with Crippen molar-refractivity contribution in [2.45, 2.75) is 51.8 Å². The van der Waals surface area contributed by atoms with Crippen molar-refractivity contribution in [1.82, 2.24) is 15.1 Å². The molecule has 1 N–H and O–H groups in total. The second-order valence-electron chi connectivity index (χ2n) is 9.22. The second-order valence-corrected chi connectivity index (χ2v) is 9.66. The molecule has 0 saturated carbocycles. The average Bonchev–Trinajstić information content (AvgIpc) is 3.23. The first-order valence-electron chi connectivity index (χ1n) is 12.4. The summed E-state index contributed by atoms with van der Waals surface area (Å²) < 4.78 is 11.6. The van der Waals surface area contributed by atoms with Crippen molar-refractivity contribution in [3.63, 3.8) is 0 Å². The van der Waals surface area contributed by atoms with E-state index in [1.165, 1.54) is 0 Å². The molecule has 2 amide bonds. The van der Waals surface area contributed by atoms with Crippen molar-refractivity contribution < 1.29 is 14.3 Å². The lowest BCUT2D eigenvalue weighted by atomic mass is 9.96. The van der Waals surface area contributed by atoms with Crippen molar-refractivity contribution >= 4 is 23.5 Å². The van der Waals surface area contributed by atoms with Gasteiger partial charge in [0, 0.05) is 37.3 Å². The molecule has 2 aromatic rings. The predicted octanol–water partition coefficient (Wildman–Crippen LogP) is 5.13. The highest BCUT2D eigenvalue weighted by atomic mass is 35.5. The van der Waals surface area contributed by atoms with Gasteiger partial charge in [-0.3, -0.25) is 9.89 Å². The number of benzene rings is 2. The number of ether oxygens (including phenoxy) is 2. The van der Waals surface area contributed by atoms with E-state index >= 15 is 0 Å². The highest BCUT2D eigenvalue weighted by Gasteiger charge is 2.43. The Morgan fingerprint density at radius 2 is 1.89 bits per heavy atom. The average molecular weight is 499 g/mol. The molecule has 7 nitrogen and oxygen atoms in total. The van der Waals surface area contributed by atoms with E-state index in [1.807, 2.05) is 66.1 Å². The molecule has 8 heteroatoms. The Hall–Kier alpha value is -2.77. The fourth-order valence-electron chi connectivity index (χ4n) is 4.73. The van der Waals surface area contributed by atoms with E-state index in [-0.39, 0.29) is 24.2 Å². The topological polar surface area (TPSA) is 66.4 Å².